The van der Waals surface area contributed by atoms with Gasteiger partial charge >= 0.3 is 0 Å². The first-order chi connectivity index (χ1) is 14.1. The SMILES string of the molecule is COc1cc(/C=N\Nc2ccc(Br)cc2)c([N+](=O)[O-])cc1OCc1ccccc1. The van der Waals surface area contributed by atoms with Gasteiger partial charge in [0.2, 0.25) is 0 Å². The minimum absolute atomic E-state index is 0.129. The van der Waals surface area contributed by atoms with Crippen molar-refractivity contribution in [3.63, 3.8) is 0 Å². The fraction of sp³-hybridized carbons (Fsp3) is 0.0952. The number of nitrogens with zero attached hydrogens (tertiary/aromatic N) is 2. The number of hydrogen-bond acceptors (Lipinski definition) is 6. The molecule has 148 valence electrons. The molecule has 3 rings (SSSR count). The molecule has 0 spiro atoms. The first-order valence-electron chi connectivity index (χ1n) is 8.64. The number of hydrogen-bond donors (Lipinski definition) is 1. The summed E-state index contributed by atoms with van der Waals surface area (Å²) in [5.74, 6) is 0.678. The predicted molar refractivity (Wildman–Crippen MR) is 116 cm³/mol. The molecular formula is C21H18BrN3O4. The molecule has 0 radical (unpaired) electrons. The second-order valence-corrected chi connectivity index (χ2v) is 6.89. The van der Waals surface area contributed by atoms with E-state index in [0.717, 1.165) is 15.7 Å². The van der Waals surface area contributed by atoms with Crippen LogP contribution in [0.15, 0.2) is 76.3 Å². The number of nitro groups is 1. The lowest BCUT2D eigenvalue weighted by atomic mass is 10.1. The highest BCUT2D eigenvalue weighted by Crippen LogP contribution is 2.34. The molecule has 0 aliphatic heterocycles. The number of nitro benzene ring substituents is 1. The lowest BCUT2D eigenvalue weighted by Gasteiger charge is -2.12. The predicted octanol–water partition coefficient (Wildman–Crippen LogP) is 5.39. The summed E-state index contributed by atoms with van der Waals surface area (Å²) < 4.78 is 12.0. The number of rotatable bonds is 8. The molecule has 0 saturated carbocycles. The normalized spacial score (nSPS) is 10.7. The van der Waals surface area contributed by atoms with Gasteiger partial charge < -0.3 is 9.47 Å². The fourth-order valence-electron chi connectivity index (χ4n) is 2.53. The molecule has 7 nitrogen and oxygen atoms in total. The summed E-state index contributed by atoms with van der Waals surface area (Å²) in [6, 6.07) is 19.8. The maximum atomic E-state index is 11.5. The molecule has 0 aliphatic carbocycles. The molecule has 29 heavy (non-hydrogen) atoms. The first-order valence-corrected chi connectivity index (χ1v) is 9.44. The highest BCUT2D eigenvalue weighted by Gasteiger charge is 2.19. The number of hydrazone groups is 1. The van der Waals surface area contributed by atoms with Crippen LogP contribution < -0.4 is 14.9 Å². The zero-order valence-corrected chi connectivity index (χ0v) is 17.1. The lowest BCUT2D eigenvalue weighted by molar-refractivity contribution is -0.385. The Hall–Kier alpha value is -3.39. The molecule has 8 heteroatoms. The standard InChI is InChI=1S/C21H18BrN3O4/c1-28-20-11-16(13-23-24-18-9-7-17(22)8-10-18)19(25(26)27)12-21(20)29-14-15-5-3-2-4-6-15/h2-13,24H,14H2,1H3/b23-13-. The summed E-state index contributed by atoms with van der Waals surface area (Å²) >= 11 is 3.36. The highest BCUT2D eigenvalue weighted by molar-refractivity contribution is 9.10. The van der Waals surface area contributed by atoms with Gasteiger partial charge in [0, 0.05) is 4.47 Å². The first kappa shape index (κ1) is 20.3. The summed E-state index contributed by atoms with van der Waals surface area (Å²) in [5, 5.41) is 15.6. The summed E-state index contributed by atoms with van der Waals surface area (Å²) in [4.78, 5) is 11.1. The van der Waals surface area contributed by atoms with Gasteiger partial charge in [0.25, 0.3) is 5.69 Å². The Balaban J connectivity index is 1.81. The van der Waals surface area contributed by atoms with Crippen molar-refractivity contribution in [2.24, 2.45) is 5.10 Å². The van der Waals surface area contributed by atoms with E-state index in [2.05, 4.69) is 26.5 Å². The third-order valence-electron chi connectivity index (χ3n) is 3.99. The Bertz CT molecular complexity index is 1010. The number of halogens is 1. The largest absolute Gasteiger partial charge is 0.493 e. The molecule has 0 heterocycles. The van der Waals surface area contributed by atoms with Gasteiger partial charge in [-0.1, -0.05) is 46.3 Å². The third-order valence-corrected chi connectivity index (χ3v) is 4.52. The van der Waals surface area contributed by atoms with E-state index in [1.54, 1.807) is 0 Å². The molecule has 0 fully saturated rings. The molecule has 0 atom stereocenters. The van der Waals surface area contributed by atoms with E-state index in [0.29, 0.717) is 17.1 Å². The molecule has 0 saturated heterocycles. The van der Waals surface area contributed by atoms with Crippen LogP contribution >= 0.6 is 15.9 Å². The minimum atomic E-state index is -0.476. The van der Waals surface area contributed by atoms with Gasteiger partial charge in [0.15, 0.2) is 11.5 Å². The summed E-state index contributed by atoms with van der Waals surface area (Å²) in [6.45, 7) is 0.271. The van der Waals surface area contributed by atoms with Crippen LogP contribution in [0, 0.1) is 10.1 Å². The zero-order valence-electron chi connectivity index (χ0n) is 15.5. The lowest BCUT2D eigenvalue weighted by Crippen LogP contribution is -2.02. The Kier molecular flexibility index (Phi) is 6.80. The van der Waals surface area contributed by atoms with Crippen molar-refractivity contribution in [2.75, 3.05) is 12.5 Å². The summed E-state index contributed by atoms with van der Waals surface area (Å²) in [6.07, 6.45) is 1.38. The van der Waals surface area contributed by atoms with Crippen molar-refractivity contribution in [1.82, 2.24) is 0 Å². The molecule has 3 aromatic rings. The van der Waals surface area contributed by atoms with Crippen LogP contribution in [0.3, 0.4) is 0 Å². The monoisotopic (exact) mass is 455 g/mol. The average molecular weight is 456 g/mol. The molecule has 3 aromatic carbocycles. The van der Waals surface area contributed by atoms with Crippen LogP contribution in [0.4, 0.5) is 11.4 Å². The molecule has 0 amide bonds. The van der Waals surface area contributed by atoms with E-state index < -0.39 is 4.92 Å². The minimum Gasteiger partial charge on any atom is -0.493 e. The summed E-state index contributed by atoms with van der Waals surface area (Å²) in [5.41, 5.74) is 4.70. The number of methoxy groups -OCH3 is 1. The van der Waals surface area contributed by atoms with Crippen LogP contribution in [0.5, 0.6) is 11.5 Å². The van der Waals surface area contributed by atoms with Gasteiger partial charge in [-0.3, -0.25) is 15.5 Å². The van der Waals surface area contributed by atoms with E-state index in [1.807, 2.05) is 54.6 Å². The van der Waals surface area contributed by atoms with Gasteiger partial charge in [-0.15, -0.1) is 0 Å². The fourth-order valence-corrected chi connectivity index (χ4v) is 2.80. The highest BCUT2D eigenvalue weighted by atomic mass is 79.9. The van der Waals surface area contributed by atoms with Gasteiger partial charge in [0.1, 0.15) is 6.61 Å². The van der Waals surface area contributed by atoms with Crippen LogP contribution in [0.1, 0.15) is 11.1 Å². The van der Waals surface area contributed by atoms with Crippen LogP contribution in [0.25, 0.3) is 0 Å². The Morgan fingerprint density at radius 2 is 1.83 bits per heavy atom. The second-order valence-electron chi connectivity index (χ2n) is 5.97. The quantitative estimate of drug-likeness (QED) is 0.279. The molecule has 0 aliphatic rings. The van der Waals surface area contributed by atoms with Crippen molar-refractivity contribution in [1.29, 1.82) is 0 Å². The second kappa shape index (κ2) is 9.70. The molecule has 0 bridgehead atoms. The maximum absolute atomic E-state index is 11.5. The zero-order chi connectivity index (χ0) is 20.6. The maximum Gasteiger partial charge on any atom is 0.282 e. The van der Waals surface area contributed by atoms with Crippen molar-refractivity contribution in [3.8, 4) is 11.5 Å². The Morgan fingerprint density at radius 1 is 1.10 bits per heavy atom. The number of anilines is 1. The smallest absolute Gasteiger partial charge is 0.282 e. The average Bonchev–Trinajstić information content (AvgIpc) is 2.74. The van der Waals surface area contributed by atoms with Crippen molar-refractivity contribution < 1.29 is 14.4 Å². The number of nitrogens with one attached hydrogen (secondary N) is 1. The van der Waals surface area contributed by atoms with Crippen molar-refractivity contribution in [3.05, 3.63) is 92.4 Å². The molecular weight excluding hydrogens is 438 g/mol. The van der Waals surface area contributed by atoms with E-state index in [4.69, 9.17) is 9.47 Å². The van der Waals surface area contributed by atoms with Crippen molar-refractivity contribution >= 4 is 33.5 Å². The number of benzene rings is 3. The van der Waals surface area contributed by atoms with E-state index in [9.17, 15) is 10.1 Å². The van der Waals surface area contributed by atoms with Crippen LogP contribution in [0.2, 0.25) is 0 Å². The van der Waals surface area contributed by atoms with E-state index in [-0.39, 0.29) is 12.3 Å². The topological polar surface area (TPSA) is 86.0 Å². The number of ether oxygens (including phenoxy) is 2. The van der Waals surface area contributed by atoms with Gasteiger partial charge in [0.05, 0.1) is 35.6 Å². The Labute approximate surface area is 176 Å². The molecule has 0 aromatic heterocycles. The third kappa shape index (κ3) is 5.55. The van der Waals surface area contributed by atoms with E-state index >= 15 is 0 Å². The van der Waals surface area contributed by atoms with E-state index in [1.165, 1.54) is 25.5 Å². The van der Waals surface area contributed by atoms with Gasteiger partial charge in [-0.05, 0) is 35.9 Å². The Morgan fingerprint density at radius 3 is 2.48 bits per heavy atom. The van der Waals surface area contributed by atoms with Crippen LogP contribution in [-0.4, -0.2) is 18.2 Å². The van der Waals surface area contributed by atoms with Gasteiger partial charge in [-0.2, -0.15) is 5.10 Å². The molecule has 0 unspecified atom stereocenters. The van der Waals surface area contributed by atoms with Gasteiger partial charge in [-0.25, -0.2) is 0 Å². The summed E-state index contributed by atoms with van der Waals surface area (Å²) in [7, 11) is 1.48. The molecule has 1 N–H and O–H groups in total. The van der Waals surface area contributed by atoms with Crippen LogP contribution in [-0.2, 0) is 6.61 Å². The van der Waals surface area contributed by atoms with Crippen molar-refractivity contribution in [2.45, 2.75) is 6.61 Å².